The number of benzene rings is 4. The molecule has 0 amide bonds. The first-order chi connectivity index (χ1) is 17.4. The number of rotatable bonds is 7. The van der Waals surface area contributed by atoms with Crippen molar-refractivity contribution >= 4 is 34.4 Å². The van der Waals surface area contributed by atoms with Crippen molar-refractivity contribution < 1.29 is 28.5 Å². The molecule has 0 aliphatic heterocycles. The summed E-state index contributed by atoms with van der Waals surface area (Å²) in [4.78, 5) is 24.0. The van der Waals surface area contributed by atoms with E-state index < -0.39 is 11.9 Å². The van der Waals surface area contributed by atoms with Crippen LogP contribution in [-0.2, 0) is 9.59 Å². The van der Waals surface area contributed by atoms with Crippen LogP contribution in [0.25, 0.3) is 22.4 Å². The molecule has 0 unspecified atom stereocenters. The van der Waals surface area contributed by atoms with Gasteiger partial charge in [-0.2, -0.15) is 0 Å². The van der Waals surface area contributed by atoms with Gasteiger partial charge in [-0.25, -0.2) is 0 Å². The maximum absolute atomic E-state index is 12.1. The van der Waals surface area contributed by atoms with Gasteiger partial charge in [-0.3, -0.25) is 9.59 Å². The summed E-state index contributed by atoms with van der Waals surface area (Å²) in [7, 11) is 3.23. The highest BCUT2D eigenvalue weighted by Gasteiger charge is 2.17. The third-order valence-corrected chi connectivity index (χ3v) is 5.59. The van der Waals surface area contributed by atoms with Crippen molar-refractivity contribution in [3.63, 3.8) is 0 Å². The van der Waals surface area contributed by atoms with E-state index in [1.807, 2.05) is 78.9 Å². The van der Waals surface area contributed by atoms with E-state index in [0.29, 0.717) is 27.8 Å². The largest absolute Gasteiger partial charge is 0.497 e. The van der Waals surface area contributed by atoms with Crippen LogP contribution in [0.15, 0.2) is 78.9 Å². The molecule has 182 valence electrons. The minimum absolute atomic E-state index is 0.379. The number of hydrogen-bond acceptors (Lipinski definition) is 6. The Morgan fingerprint density at radius 3 is 1.64 bits per heavy atom. The zero-order valence-electron chi connectivity index (χ0n) is 20.5. The van der Waals surface area contributed by atoms with Gasteiger partial charge in [-0.15, -0.1) is 0 Å². The second-order valence-electron chi connectivity index (χ2n) is 8.04. The SMILES string of the molecule is COc1ccc(C(=Cc2cc(OC(C)=O)c3ccccc3c2OC(C)=O)c2ccc(OC)cc2)cc1. The Morgan fingerprint density at radius 1 is 0.667 bits per heavy atom. The Morgan fingerprint density at radius 2 is 1.17 bits per heavy atom. The van der Waals surface area contributed by atoms with Crippen LogP contribution in [-0.4, -0.2) is 26.2 Å². The maximum Gasteiger partial charge on any atom is 0.308 e. The second kappa shape index (κ2) is 10.8. The van der Waals surface area contributed by atoms with E-state index in [4.69, 9.17) is 18.9 Å². The van der Waals surface area contributed by atoms with Gasteiger partial charge in [0, 0.05) is 30.2 Å². The van der Waals surface area contributed by atoms with Crippen LogP contribution in [0.3, 0.4) is 0 Å². The van der Waals surface area contributed by atoms with E-state index in [1.54, 1.807) is 20.3 Å². The van der Waals surface area contributed by atoms with Crippen molar-refractivity contribution in [1.29, 1.82) is 0 Å². The summed E-state index contributed by atoms with van der Waals surface area (Å²) in [5.41, 5.74) is 3.27. The summed E-state index contributed by atoms with van der Waals surface area (Å²) in [5, 5.41) is 1.32. The fraction of sp³-hybridized carbons (Fsp3) is 0.133. The molecular formula is C30H26O6. The monoisotopic (exact) mass is 482 g/mol. The summed E-state index contributed by atoms with van der Waals surface area (Å²) in [6.07, 6.45) is 1.92. The second-order valence-corrected chi connectivity index (χ2v) is 8.04. The van der Waals surface area contributed by atoms with Gasteiger partial charge in [-0.05, 0) is 53.1 Å². The first-order valence-electron chi connectivity index (χ1n) is 11.3. The zero-order chi connectivity index (χ0) is 25.7. The summed E-state index contributed by atoms with van der Waals surface area (Å²) < 4.78 is 21.9. The smallest absolute Gasteiger partial charge is 0.308 e. The Labute approximate surface area is 209 Å². The molecule has 0 aliphatic rings. The van der Waals surface area contributed by atoms with Crippen LogP contribution in [0.2, 0.25) is 0 Å². The highest BCUT2D eigenvalue weighted by Crippen LogP contribution is 2.40. The molecule has 0 aliphatic carbocycles. The van der Waals surface area contributed by atoms with Gasteiger partial charge in [0.1, 0.15) is 23.0 Å². The number of fused-ring (bicyclic) bond motifs is 1. The van der Waals surface area contributed by atoms with Crippen LogP contribution in [0.5, 0.6) is 23.0 Å². The van der Waals surface area contributed by atoms with E-state index in [1.165, 1.54) is 13.8 Å². The lowest BCUT2D eigenvalue weighted by molar-refractivity contribution is -0.132. The molecule has 4 aromatic rings. The fourth-order valence-corrected chi connectivity index (χ4v) is 3.97. The fourth-order valence-electron chi connectivity index (χ4n) is 3.97. The molecule has 0 aromatic heterocycles. The van der Waals surface area contributed by atoms with Gasteiger partial charge in [0.05, 0.1) is 14.2 Å². The topological polar surface area (TPSA) is 71.1 Å². The zero-order valence-corrected chi connectivity index (χ0v) is 20.5. The van der Waals surface area contributed by atoms with Crippen molar-refractivity contribution in [2.75, 3.05) is 14.2 Å². The summed E-state index contributed by atoms with van der Waals surface area (Å²) in [6, 6.07) is 24.4. The van der Waals surface area contributed by atoms with E-state index in [0.717, 1.165) is 28.2 Å². The molecular weight excluding hydrogens is 456 g/mol. The van der Waals surface area contributed by atoms with Crippen LogP contribution < -0.4 is 18.9 Å². The number of hydrogen-bond donors (Lipinski definition) is 0. The molecule has 0 saturated heterocycles. The number of methoxy groups -OCH3 is 2. The summed E-state index contributed by atoms with van der Waals surface area (Å²) in [5.74, 6) is 1.33. The first-order valence-corrected chi connectivity index (χ1v) is 11.3. The molecule has 6 heteroatoms. The molecule has 0 fully saturated rings. The quantitative estimate of drug-likeness (QED) is 0.175. The first kappa shape index (κ1) is 24.5. The van der Waals surface area contributed by atoms with Gasteiger partial charge < -0.3 is 18.9 Å². The standard InChI is InChI=1S/C30H26O6/c1-19(31)35-29-18-23(30(36-20(2)32)27-8-6-5-7-26(27)29)17-28(21-9-13-24(33-3)14-10-21)22-11-15-25(34-4)16-12-22/h5-18H,1-4H3. The number of carbonyl (C=O) groups excluding carboxylic acids is 2. The lowest BCUT2D eigenvalue weighted by Gasteiger charge is -2.16. The van der Waals surface area contributed by atoms with E-state index in [-0.39, 0.29) is 0 Å². The van der Waals surface area contributed by atoms with Gasteiger partial charge in [0.25, 0.3) is 0 Å². The molecule has 6 nitrogen and oxygen atoms in total. The molecule has 0 heterocycles. The molecule has 4 aromatic carbocycles. The van der Waals surface area contributed by atoms with Crippen LogP contribution >= 0.6 is 0 Å². The Hall–Kier alpha value is -4.58. The lowest BCUT2D eigenvalue weighted by Crippen LogP contribution is -2.06. The van der Waals surface area contributed by atoms with Gasteiger partial charge in [0.2, 0.25) is 0 Å². The Balaban J connectivity index is 2.01. The van der Waals surface area contributed by atoms with E-state index >= 15 is 0 Å². The van der Waals surface area contributed by atoms with Crippen LogP contribution in [0.4, 0.5) is 0 Å². The maximum atomic E-state index is 12.1. The van der Waals surface area contributed by atoms with Crippen LogP contribution in [0.1, 0.15) is 30.5 Å². The highest BCUT2D eigenvalue weighted by molar-refractivity contribution is 6.02. The summed E-state index contributed by atoms with van der Waals surface area (Å²) in [6.45, 7) is 2.71. The van der Waals surface area contributed by atoms with Crippen molar-refractivity contribution in [2.45, 2.75) is 13.8 Å². The van der Waals surface area contributed by atoms with E-state index in [9.17, 15) is 9.59 Å². The van der Waals surface area contributed by atoms with Crippen LogP contribution in [0, 0.1) is 0 Å². The molecule has 0 N–H and O–H groups in total. The van der Waals surface area contributed by atoms with E-state index in [2.05, 4.69) is 0 Å². The average Bonchev–Trinajstić information content (AvgIpc) is 2.89. The lowest BCUT2D eigenvalue weighted by atomic mass is 9.94. The predicted molar refractivity (Wildman–Crippen MR) is 140 cm³/mol. The third kappa shape index (κ3) is 5.39. The predicted octanol–water partition coefficient (Wildman–Crippen LogP) is 6.30. The van der Waals surface area contributed by atoms with Crippen molar-refractivity contribution in [1.82, 2.24) is 0 Å². The molecule has 0 bridgehead atoms. The molecule has 0 saturated carbocycles. The Bertz CT molecular complexity index is 1380. The third-order valence-electron chi connectivity index (χ3n) is 5.59. The van der Waals surface area contributed by atoms with Crippen molar-refractivity contribution in [2.24, 2.45) is 0 Å². The molecule has 4 rings (SSSR count). The minimum Gasteiger partial charge on any atom is -0.497 e. The van der Waals surface area contributed by atoms with Gasteiger partial charge in [-0.1, -0.05) is 48.5 Å². The molecule has 0 radical (unpaired) electrons. The van der Waals surface area contributed by atoms with Crippen molar-refractivity contribution in [3.05, 3.63) is 95.6 Å². The number of esters is 2. The average molecular weight is 483 g/mol. The minimum atomic E-state index is -0.453. The molecule has 36 heavy (non-hydrogen) atoms. The Kier molecular flexibility index (Phi) is 7.35. The molecule has 0 atom stereocenters. The number of ether oxygens (including phenoxy) is 4. The van der Waals surface area contributed by atoms with Gasteiger partial charge in [0.15, 0.2) is 0 Å². The highest BCUT2D eigenvalue weighted by atomic mass is 16.5. The number of carbonyl (C=O) groups is 2. The van der Waals surface area contributed by atoms with Crippen molar-refractivity contribution in [3.8, 4) is 23.0 Å². The van der Waals surface area contributed by atoms with Gasteiger partial charge >= 0.3 is 11.9 Å². The summed E-state index contributed by atoms with van der Waals surface area (Å²) >= 11 is 0. The normalized spacial score (nSPS) is 10.4. The molecule has 0 spiro atoms.